The van der Waals surface area contributed by atoms with Crippen molar-refractivity contribution in [3.8, 4) is 11.1 Å². The third-order valence-electron chi connectivity index (χ3n) is 3.09. The van der Waals surface area contributed by atoms with Crippen molar-refractivity contribution in [3.05, 3.63) is 53.6 Å². The molecule has 0 atom stereocenters. The summed E-state index contributed by atoms with van der Waals surface area (Å²) < 4.78 is 0. The second kappa shape index (κ2) is 5.05. The Bertz CT molecular complexity index is 515. The molecule has 0 aliphatic heterocycles. The fourth-order valence-corrected chi connectivity index (χ4v) is 2.21. The van der Waals surface area contributed by atoms with Gasteiger partial charge < -0.3 is 5.73 Å². The van der Waals surface area contributed by atoms with Crippen molar-refractivity contribution in [3.63, 3.8) is 0 Å². The van der Waals surface area contributed by atoms with E-state index in [1.807, 2.05) is 6.07 Å². The zero-order chi connectivity index (χ0) is 12.3. The molecule has 0 radical (unpaired) electrons. The number of hydrogen-bond acceptors (Lipinski definition) is 1. The first kappa shape index (κ1) is 11.7. The first-order valence-electron chi connectivity index (χ1n) is 6.16. The highest BCUT2D eigenvalue weighted by Crippen LogP contribution is 2.29. The lowest BCUT2D eigenvalue weighted by atomic mass is 9.93. The van der Waals surface area contributed by atoms with Gasteiger partial charge in [-0.2, -0.15) is 0 Å². The van der Waals surface area contributed by atoms with Crippen molar-refractivity contribution in [2.75, 3.05) is 5.73 Å². The molecule has 0 spiro atoms. The topological polar surface area (TPSA) is 26.0 Å². The predicted octanol–water partition coefficient (Wildman–Crippen LogP) is 4.20. The molecule has 1 heteroatoms. The van der Waals surface area contributed by atoms with Crippen LogP contribution >= 0.6 is 0 Å². The van der Waals surface area contributed by atoms with E-state index in [1.165, 1.54) is 22.3 Å². The molecule has 2 aromatic carbocycles. The zero-order valence-electron chi connectivity index (χ0n) is 10.5. The van der Waals surface area contributed by atoms with Gasteiger partial charge in [-0.3, -0.25) is 0 Å². The van der Waals surface area contributed by atoms with E-state index >= 15 is 0 Å². The molecule has 1 nitrogen and oxygen atoms in total. The molecule has 0 heterocycles. The minimum Gasteiger partial charge on any atom is -0.399 e. The summed E-state index contributed by atoms with van der Waals surface area (Å²) in [5, 5.41) is 0. The quantitative estimate of drug-likeness (QED) is 0.778. The Morgan fingerprint density at radius 2 is 1.76 bits per heavy atom. The maximum atomic E-state index is 5.91. The number of hydrogen-bond donors (Lipinski definition) is 1. The van der Waals surface area contributed by atoms with Gasteiger partial charge in [0.15, 0.2) is 0 Å². The largest absolute Gasteiger partial charge is 0.399 e. The Morgan fingerprint density at radius 1 is 1.00 bits per heavy atom. The van der Waals surface area contributed by atoms with E-state index in [-0.39, 0.29) is 0 Å². The smallest absolute Gasteiger partial charge is 0.0320 e. The Labute approximate surface area is 103 Å². The van der Waals surface area contributed by atoms with Gasteiger partial charge in [-0.1, -0.05) is 43.7 Å². The van der Waals surface area contributed by atoms with Crippen LogP contribution in [0.25, 0.3) is 11.1 Å². The molecule has 2 rings (SSSR count). The molecule has 0 unspecified atom stereocenters. The van der Waals surface area contributed by atoms with Crippen molar-refractivity contribution in [1.29, 1.82) is 0 Å². The molecule has 0 aliphatic rings. The Hall–Kier alpha value is -1.76. The van der Waals surface area contributed by atoms with Crippen LogP contribution in [-0.2, 0) is 6.42 Å². The van der Waals surface area contributed by atoms with Gasteiger partial charge >= 0.3 is 0 Å². The summed E-state index contributed by atoms with van der Waals surface area (Å²) in [5.74, 6) is 0. The number of benzene rings is 2. The van der Waals surface area contributed by atoms with E-state index < -0.39 is 0 Å². The first-order chi connectivity index (χ1) is 8.22. The van der Waals surface area contributed by atoms with Crippen LogP contribution in [-0.4, -0.2) is 0 Å². The number of aryl methyl sites for hydroxylation is 2. The predicted molar refractivity (Wildman–Crippen MR) is 75.0 cm³/mol. The molecule has 2 aromatic rings. The lowest BCUT2D eigenvalue weighted by Gasteiger charge is -2.12. The van der Waals surface area contributed by atoms with Crippen LogP contribution in [0.1, 0.15) is 24.5 Å². The third-order valence-corrected chi connectivity index (χ3v) is 3.09. The average Bonchev–Trinajstić information content (AvgIpc) is 2.32. The van der Waals surface area contributed by atoms with Crippen molar-refractivity contribution >= 4 is 5.69 Å². The lowest BCUT2D eigenvalue weighted by molar-refractivity contribution is 0.923. The highest BCUT2D eigenvalue weighted by atomic mass is 14.5. The number of rotatable bonds is 3. The Morgan fingerprint density at radius 3 is 2.47 bits per heavy atom. The van der Waals surface area contributed by atoms with Crippen LogP contribution in [0.3, 0.4) is 0 Å². The van der Waals surface area contributed by atoms with Crippen LogP contribution in [0.4, 0.5) is 5.69 Å². The zero-order valence-corrected chi connectivity index (χ0v) is 10.5. The summed E-state index contributed by atoms with van der Waals surface area (Å²) in [7, 11) is 0. The SMILES string of the molecule is CCCc1ccc(N)cc1-c1ccccc1C. The minimum atomic E-state index is 0.836. The normalized spacial score (nSPS) is 10.5. The number of nitrogen functional groups attached to an aromatic ring is 1. The minimum absolute atomic E-state index is 0.836. The molecule has 0 amide bonds. The molecule has 0 bridgehead atoms. The molecule has 0 saturated heterocycles. The van der Waals surface area contributed by atoms with Gasteiger partial charge in [0.2, 0.25) is 0 Å². The van der Waals surface area contributed by atoms with Gasteiger partial charge in [-0.15, -0.1) is 0 Å². The Kier molecular flexibility index (Phi) is 3.48. The molecule has 88 valence electrons. The molecule has 0 aliphatic carbocycles. The van der Waals surface area contributed by atoms with E-state index in [1.54, 1.807) is 0 Å². The average molecular weight is 225 g/mol. The summed E-state index contributed by atoms with van der Waals surface area (Å²) in [6, 6.07) is 14.7. The number of nitrogens with two attached hydrogens (primary N) is 1. The van der Waals surface area contributed by atoms with E-state index in [2.05, 4.69) is 50.2 Å². The van der Waals surface area contributed by atoms with Gasteiger partial charge in [0.05, 0.1) is 0 Å². The van der Waals surface area contributed by atoms with Crippen LogP contribution in [0.2, 0.25) is 0 Å². The van der Waals surface area contributed by atoms with Crippen LogP contribution in [0, 0.1) is 6.92 Å². The summed E-state index contributed by atoms with van der Waals surface area (Å²) in [5.41, 5.74) is 12.0. The van der Waals surface area contributed by atoms with Gasteiger partial charge in [-0.05, 0) is 47.7 Å². The van der Waals surface area contributed by atoms with Crippen molar-refractivity contribution < 1.29 is 0 Å². The molecule has 2 N–H and O–H groups in total. The number of anilines is 1. The van der Waals surface area contributed by atoms with E-state index in [0.29, 0.717) is 0 Å². The summed E-state index contributed by atoms with van der Waals surface area (Å²) in [6.45, 7) is 4.35. The van der Waals surface area contributed by atoms with Crippen molar-refractivity contribution in [1.82, 2.24) is 0 Å². The van der Waals surface area contributed by atoms with E-state index in [0.717, 1.165) is 18.5 Å². The molecule has 0 fully saturated rings. The summed E-state index contributed by atoms with van der Waals surface area (Å²) in [6.07, 6.45) is 2.26. The Balaban J connectivity index is 2.57. The second-order valence-electron chi connectivity index (χ2n) is 4.48. The van der Waals surface area contributed by atoms with Gasteiger partial charge in [0, 0.05) is 5.69 Å². The fourth-order valence-electron chi connectivity index (χ4n) is 2.21. The fraction of sp³-hybridized carbons (Fsp3) is 0.250. The standard InChI is InChI=1S/C16H19N/c1-3-6-13-9-10-14(17)11-16(13)15-8-5-4-7-12(15)2/h4-5,7-11H,3,6,17H2,1-2H3. The van der Waals surface area contributed by atoms with Crippen LogP contribution in [0.15, 0.2) is 42.5 Å². The maximum Gasteiger partial charge on any atom is 0.0320 e. The monoisotopic (exact) mass is 225 g/mol. The second-order valence-corrected chi connectivity index (χ2v) is 4.48. The first-order valence-corrected chi connectivity index (χ1v) is 6.16. The lowest BCUT2D eigenvalue weighted by Crippen LogP contribution is -1.94. The van der Waals surface area contributed by atoms with Gasteiger partial charge in [-0.25, -0.2) is 0 Å². The van der Waals surface area contributed by atoms with Gasteiger partial charge in [0.1, 0.15) is 0 Å². The molecular weight excluding hydrogens is 206 g/mol. The maximum absolute atomic E-state index is 5.91. The van der Waals surface area contributed by atoms with E-state index in [4.69, 9.17) is 5.73 Å². The summed E-state index contributed by atoms with van der Waals surface area (Å²) in [4.78, 5) is 0. The summed E-state index contributed by atoms with van der Waals surface area (Å²) >= 11 is 0. The highest BCUT2D eigenvalue weighted by molar-refractivity contribution is 5.73. The van der Waals surface area contributed by atoms with Crippen molar-refractivity contribution in [2.24, 2.45) is 0 Å². The van der Waals surface area contributed by atoms with Crippen LogP contribution in [0.5, 0.6) is 0 Å². The molecule has 0 aromatic heterocycles. The third kappa shape index (κ3) is 2.50. The highest BCUT2D eigenvalue weighted by Gasteiger charge is 2.07. The molecular formula is C16H19N. The molecule has 0 saturated carbocycles. The van der Waals surface area contributed by atoms with E-state index in [9.17, 15) is 0 Å². The molecule has 17 heavy (non-hydrogen) atoms. The van der Waals surface area contributed by atoms with Crippen molar-refractivity contribution in [2.45, 2.75) is 26.7 Å². The van der Waals surface area contributed by atoms with Crippen LogP contribution < -0.4 is 5.73 Å². The van der Waals surface area contributed by atoms with Gasteiger partial charge in [0.25, 0.3) is 0 Å².